The van der Waals surface area contributed by atoms with Gasteiger partial charge in [-0.15, -0.1) is 0 Å². The average Bonchev–Trinajstić information content (AvgIpc) is 2.79. The van der Waals surface area contributed by atoms with Crippen LogP contribution in [0.2, 0.25) is 0 Å². The van der Waals surface area contributed by atoms with Crippen LogP contribution in [0.5, 0.6) is 0 Å². The van der Waals surface area contributed by atoms with Gasteiger partial charge in [-0.3, -0.25) is 0 Å². The highest BCUT2D eigenvalue weighted by molar-refractivity contribution is 5.98. The molecule has 2 aromatic carbocycles. The van der Waals surface area contributed by atoms with Crippen molar-refractivity contribution >= 4 is 10.9 Å². The molecule has 0 aliphatic carbocycles. The molecule has 3 rings (SSSR count). The number of rotatable bonds is 4. The summed E-state index contributed by atoms with van der Waals surface area (Å²) in [4.78, 5) is 0. The van der Waals surface area contributed by atoms with Gasteiger partial charge in [-0.2, -0.15) is 0 Å². The molecule has 3 aromatic rings. The zero-order valence-corrected chi connectivity index (χ0v) is 12.1. The lowest BCUT2D eigenvalue weighted by molar-refractivity contribution is 0.628. The van der Waals surface area contributed by atoms with Crippen molar-refractivity contribution in [1.29, 1.82) is 0 Å². The fraction of sp³-hybridized carbons (Fsp3) is 0.222. The van der Waals surface area contributed by atoms with Crippen LogP contribution in [-0.4, -0.2) is 11.1 Å². The van der Waals surface area contributed by atoms with Crippen LogP contribution in [0.3, 0.4) is 0 Å². The maximum absolute atomic E-state index is 13.2. The quantitative estimate of drug-likeness (QED) is 0.773. The minimum Gasteiger partial charge on any atom is -0.347 e. The van der Waals surface area contributed by atoms with Crippen LogP contribution in [0.25, 0.3) is 22.0 Å². The van der Waals surface area contributed by atoms with Crippen LogP contribution >= 0.6 is 0 Å². The molecule has 0 unspecified atom stereocenters. The average molecular weight is 282 g/mol. The Balaban J connectivity index is 2.25. The fourth-order valence-electron chi connectivity index (χ4n) is 2.95. The molecular formula is C18H19FN2. The molecule has 0 aliphatic rings. The normalized spacial score (nSPS) is 11.2. The molecule has 0 atom stereocenters. The Morgan fingerprint density at radius 1 is 1.05 bits per heavy atom. The Bertz CT molecular complexity index is 757. The highest BCUT2D eigenvalue weighted by atomic mass is 19.1. The molecule has 1 aromatic heterocycles. The predicted molar refractivity (Wildman–Crippen MR) is 85.7 cm³/mol. The summed E-state index contributed by atoms with van der Waals surface area (Å²) in [5, 5.41) is 1.21. The monoisotopic (exact) mass is 282 g/mol. The molecule has 0 amide bonds. The second-order valence-corrected chi connectivity index (χ2v) is 5.30. The van der Waals surface area contributed by atoms with E-state index >= 15 is 0 Å². The van der Waals surface area contributed by atoms with Gasteiger partial charge in [0.1, 0.15) is 5.82 Å². The van der Waals surface area contributed by atoms with Gasteiger partial charge in [0.15, 0.2) is 0 Å². The van der Waals surface area contributed by atoms with Crippen LogP contribution in [0.4, 0.5) is 4.39 Å². The molecule has 0 saturated carbocycles. The van der Waals surface area contributed by atoms with E-state index in [0.717, 1.165) is 18.4 Å². The number of nitrogens with two attached hydrogens (primary N) is 1. The third-order valence-electron chi connectivity index (χ3n) is 3.98. The molecule has 0 bridgehead atoms. The molecule has 108 valence electrons. The summed E-state index contributed by atoms with van der Waals surface area (Å²) in [6, 6.07) is 15.1. The lowest BCUT2D eigenvalue weighted by atomic mass is 10.00. The van der Waals surface area contributed by atoms with E-state index in [4.69, 9.17) is 5.73 Å². The van der Waals surface area contributed by atoms with Gasteiger partial charge < -0.3 is 10.3 Å². The summed E-state index contributed by atoms with van der Waals surface area (Å²) in [6.07, 6.45) is 1.87. The smallest absolute Gasteiger partial charge is 0.123 e. The van der Waals surface area contributed by atoms with Crippen molar-refractivity contribution in [1.82, 2.24) is 4.57 Å². The van der Waals surface area contributed by atoms with E-state index in [1.54, 1.807) is 0 Å². The minimum atomic E-state index is -0.206. The number of benzene rings is 2. The number of hydrogen-bond donors (Lipinski definition) is 1. The van der Waals surface area contributed by atoms with Crippen LogP contribution in [0.1, 0.15) is 12.1 Å². The van der Waals surface area contributed by atoms with E-state index in [1.165, 1.54) is 34.3 Å². The summed E-state index contributed by atoms with van der Waals surface area (Å²) in [6.45, 7) is 0.671. The molecule has 2 nitrogen and oxygen atoms in total. The lowest BCUT2D eigenvalue weighted by Crippen LogP contribution is -2.04. The van der Waals surface area contributed by atoms with Gasteiger partial charge in [0.2, 0.25) is 0 Å². The van der Waals surface area contributed by atoms with E-state index < -0.39 is 0 Å². The third kappa shape index (κ3) is 2.45. The molecule has 0 radical (unpaired) electrons. The molecule has 1 heterocycles. The molecule has 2 N–H and O–H groups in total. The number of aromatic nitrogens is 1. The Morgan fingerprint density at radius 3 is 2.48 bits per heavy atom. The molecule has 0 fully saturated rings. The number of hydrogen-bond acceptors (Lipinski definition) is 1. The van der Waals surface area contributed by atoms with Crippen molar-refractivity contribution in [3.63, 3.8) is 0 Å². The van der Waals surface area contributed by atoms with E-state index in [2.05, 4.69) is 23.7 Å². The first-order chi connectivity index (χ1) is 10.2. The molecule has 0 spiro atoms. The van der Waals surface area contributed by atoms with Crippen molar-refractivity contribution in [2.24, 2.45) is 12.8 Å². The van der Waals surface area contributed by atoms with E-state index in [9.17, 15) is 4.39 Å². The summed E-state index contributed by atoms with van der Waals surface area (Å²) < 4.78 is 15.4. The molecule has 0 saturated heterocycles. The number of aryl methyl sites for hydroxylation is 1. The number of nitrogens with zero attached hydrogens (tertiary/aromatic N) is 1. The summed E-state index contributed by atoms with van der Waals surface area (Å²) >= 11 is 0. The molecule has 0 aliphatic heterocycles. The highest BCUT2D eigenvalue weighted by Gasteiger charge is 2.15. The fourth-order valence-corrected chi connectivity index (χ4v) is 2.95. The van der Waals surface area contributed by atoms with Gasteiger partial charge in [0.05, 0.1) is 0 Å². The second-order valence-electron chi connectivity index (χ2n) is 5.30. The summed E-state index contributed by atoms with van der Waals surface area (Å²) in [5.74, 6) is -0.206. The Labute approximate surface area is 124 Å². The maximum Gasteiger partial charge on any atom is 0.123 e. The van der Waals surface area contributed by atoms with Crippen molar-refractivity contribution in [3.05, 3.63) is 60.0 Å². The lowest BCUT2D eigenvalue weighted by Gasteiger charge is -2.08. The first-order valence-electron chi connectivity index (χ1n) is 7.24. The summed E-state index contributed by atoms with van der Waals surface area (Å²) in [5.41, 5.74) is 10.4. The van der Waals surface area contributed by atoms with Crippen LogP contribution in [0, 0.1) is 5.82 Å². The Hall–Kier alpha value is -2.13. The standard InChI is InChI=1S/C18H19FN2/c1-21-16-6-3-2-5-15(16)18(17(21)7-4-12-20)13-8-10-14(19)11-9-13/h2-3,5-6,8-11H,4,7,12,20H2,1H3. The Morgan fingerprint density at radius 2 is 1.76 bits per heavy atom. The van der Waals surface area contributed by atoms with Crippen molar-refractivity contribution in [2.75, 3.05) is 6.54 Å². The highest BCUT2D eigenvalue weighted by Crippen LogP contribution is 2.35. The third-order valence-corrected chi connectivity index (χ3v) is 3.98. The van der Waals surface area contributed by atoms with E-state index in [-0.39, 0.29) is 5.82 Å². The predicted octanol–water partition coefficient (Wildman–Crippen LogP) is 3.88. The van der Waals surface area contributed by atoms with Crippen LogP contribution in [-0.2, 0) is 13.5 Å². The number of para-hydroxylation sites is 1. The van der Waals surface area contributed by atoms with Gasteiger partial charge in [0, 0.05) is 29.2 Å². The largest absolute Gasteiger partial charge is 0.347 e. The van der Waals surface area contributed by atoms with Gasteiger partial charge >= 0.3 is 0 Å². The molecular weight excluding hydrogens is 263 g/mol. The van der Waals surface area contributed by atoms with E-state index in [1.807, 2.05) is 24.3 Å². The topological polar surface area (TPSA) is 30.9 Å². The molecule has 3 heteroatoms. The van der Waals surface area contributed by atoms with E-state index in [0.29, 0.717) is 6.54 Å². The zero-order chi connectivity index (χ0) is 14.8. The summed E-state index contributed by atoms with van der Waals surface area (Å²) in [7, 11) is 2.08. The second kappa shape index (κ2) is 5.70. The first-order valence-corrected chi connectivity index (χ1v) is 7.24. The molecule has 21 heavy (non-hydrogen) atoms. The first kappa shape index (κ1) is 13.8. The SMILES string of the molecule is Cn1c(CCCN)c(-c2ccc(F)cc2)c2ccccc21. The van der Waals surface area contributed by atoms with Gasteiger partial charge in [-0.05, 0) is 43.1 Å². The van der Waals surface area contributed by atoms with Crippen molar-refractivity contribution < 1.29 is 4.39 Å². The van der Waals surface area contributed by atoms with Crippen molar-refractivity contribution in [3.8, 4) is 11.1 Å². The number of halogens is 1. The van der Waals surface area contributed by atoms with Gasteiger partial charge in [-0.25, -0.2) is 4.39 Å². The minimum absolute atomic E-state index is 0.206. The maximum atomic E-state index is 13.2. The zero-order valence-electron chi connectivity index (χ0n) is 12.1. The van der Waals surface area contributed by atoms with Crippen molar-refractivity contribution in [2.45, 2.75) is 12.8 Å². The van der Waals surface area contributed by atoms with Gasteiger partial charge in [0.25, 0.3) is 0 Å². The Kier molecular flexibility index (Phi) is 3.76. The number of fused-ring (bicyclic) bond motifs is 1. The van der Waals surface area contributed by atoms with Crippen LogP contribution < -0.4 is 5.73 Å². The van der Waals surface area contributed by atoms with Gasteiger partial charge in [-0.1, -0.05) is 30.3 Å². The van der Waals surface area contributed by atoms with Crippen LogP contribution in [0.15, 0.2) is 48.5 Å².